The zero-order valence-electron chi connectivity index (χ0n) is 9.06. The summed E-state index contributed by atoms with van der Waals surface area (Å²) in [5, 5.41) is 8.03. The average Bonchev–Trinajstić information content (AvgIpc) is 2.95. The highest BCUT2D eigenvalue weighted by Crippen LogP contribution is 2.31. The Morgan fingerprint density at radius 3 is 3.00 bits per heavy atom. The summed E-state index contributed by atoms with van der Waals surface area (Å²) >= 11 is 0. The fourth-order valence-corrected chi connectivity index (χ4v) is 1.80. The molecule has 0 unspecified atom stereocenters. The molecule has 5 nitrogen and oxygen atoms in total. The van der Waals surface area contributed by atoms with Crippen molar-refractivity contribution in [2.24, 2.45) is 0 Å². The smallest absolute Gasteiger partial charge is 0.192 e. The van der Waals surface area contributed by atoms with Gasteiger partial charge in [0.05, 0.1) is 18.3 Å². The summed E-state index contributed by atoms with van der Waals surface area (Å²) in [6.45, 7) is 8.97. The van der Waals surface area contributed by atoms with E-state index in [0.717, 1.165) is 22.2 Å². The molecule has 2 heterocycles. The minimum atomic E-state index is 0.617. The fraction of sp³-hybridized carbons (Fsp3) is 0.0833. The largest absolute Gasteiger partial charge is 0.442 e. The Bertz CT molecular complexity index is 719. The summed E-state index contributed by atoms with van der Waals surface area (Å²) in [6, 6.07) is 3.73. The van der Waals surface area contributed by atoms with E-state index in [0.29, 0.717) is 11.4 Å². The van der Waals surface area contributed by atoms with E-state index < -0.39 is 0 Å². The minimum absolute atomic E-state index is 0.617. The minimum Gasteiger partial charge on any atom is -0.442 e. The number of fused-ring (bicyclic) bond motifs is 1. The Morgan fingerprint density at radius 1 is 1.41 bits per heavy atom. The van der Waals surface area contributed by atoms with Crippen LogP contribution in [0.1, 0.15) is 5.56 Å². The summed E-state index contributed by atoms with van der Waals surface area (Å²) in [6.07, 6.45) is 2.99. The van der Waals surface area contributed by atoms with E-state index >= 15 is 0 Å². The van der Waals surface area contributed by atoms with Crippen LogP contribution in [-0.4, -0.2) is 15.2 Å². The van der Waals surface area contributed by atoms with Gasteiger partial charge in [-0.05, 0) is 18.6 Å². The Hall–Kier alpha value is -2.61. The number of aromatic amines is 1. The van der Waals surface area contributed by atoms with E-state index in [1.54, 1.807) is 12.3 Å². The zero-order chi connectivity index (χ0) is 11.8. The predicted molar refractivity (Wildman–Crippen MR) is 62.6 cm³/mol. The first-order chi connectivity index (χ1) is 8.29. The van der Waals surface area contributed by atoms with Gasteiger partial charge in [0.25, 0.3) is 0 Å². The maximum atomic E-state index is 7.07. The molecule has 2 aromatic heterocycles. The second-order valence-electron chi connectivity index (χ2n) is 3.73. The van der Waals surface area contributed by atoms with Gasteiger partial charge in [-0.15, -0.1) is 0 Å². The SMILES string of the molecule is [C-]#[N+]c1cc2[nH]nc(-c3cnco3)c2cc1C. The molecular weight excluding hydrogens is 216 g/mol. The normalized spacial score (nSPS) is 10.6. The van der Waals surface area contributed by atoms with Crippen LogP contribution in [-0.2, 0) is 0 Å². The van der Waals surface area contributed by atoms with Crippen LogP contribution in [0, 0.1) is 13.5 Å². The van der Waals surface area contributed by atoms with Gasteiger partial charge in [0.15, 0.2) is 17.8 Å². The molecule has 0 saturated heterocycles. The van der Waals surface area contributed by atoms with Crippen LogP contribution in [0.2, 0.25) is 0 Å². The van der Waals surface area contributed by atoms with Gasteiger partial charge in [-0.3, -0.25) is 5.10 Å². The van der Waals surface area contributed by atoms with E-state index in [1.165, 1.54) is 6.39 Å². The Kier molecular flexibility index (Phi) is 1.95. The molecule has 1 aromatic carbocycles. The summed E-state index contributed by atoms with van der Waals surface area (Å²) in [7, 11) is 0. The molecule has 0 atom stereocenters. The van der Waals surface area contributed by atoms with Gasteiger partial charge in [-0.2, -0.15) is 5.10 Å². The molecular formula is C12H8N4O. The molecule has 82 valence electrons. The summed E-state index contributed by atoms with van der Waals surface area (Å²) in [5.74, 6) is 0.617. The summed E-state index contributed by atoms with van der Waals surface area (Å²) in [4.78, 5) is 7.33. The number of rotatable bonds is 1. The van der Waals surface area contributed by atoms with Crippen LogP contribution in [0.4, 0.5) is 5.69 Å². The molecule has 5 heteroatoms. The van der Waals surface area contributed by atoms with Crippen molar-refractivity contribution in [3.05, 3.63) is 41.7 Å². The third-order valence-electron chi connectivity index (χ3n) is 2.67. The molecule has 0 spiro atoms. The van der Waals surface area contributed by atoms with Gasteiger partial charge in [0.2, 0.25) is 0 Å². The van der Waals surface area contributed by atoms with Gasteiger partial charge in [-0.25, -0.2) is 9.83 Å². The van der Waals surface area contributed by atoms with E-state index in [4.69, 9.17) is 11.0 Å². The predicted octanol–water partition coefficient (Wildman–Crippen LogP) is 3.08. The Labute approximate surface area is 96.9 Å². The van der Waals surface area contributed by atoms with Crippen molar-refractivity contribution in [1.29, 1.82) is 0 Å². The quantitative estimate of drug-likeness (QED) is 0.646. The lowest BCUT2D eigenvalue weighted by molar-refractivity contribution is 0.570. The lowest BCUT2D eigenvalue weighted by Gasteiger charge is -1.97. The number of nitrogens with zero attached hydrogens (tertiary/aromatic N) is 3. The lowest BCUT2D eigenvalue weighted by Crippen LogP contribution is -1.76. The molecule has 1 N–H and O–H groups in total. The number of hydrogen-bond acceptors (Lipinski definition) is 3. The average molecular weight is 224 g/mol. The van der Waals surface area contributed by atoms with Gasteiger partial charge in [0, 0.05) is 5.39 Å². The molecule has 0 amide bonds. The van der Waals surface area contributed by atoms with Crippen molar-refractivity contribution in [2.45, 2.75) is 6.92 Å². The first kappa shape index (κ1) is 9.60. The number of aromatic nitrogens is 3. The second-order valence-corrected chi connectivity index (χ2v) is 3.73. The molecule has 0 fully saturated rings. The van der Waals surface area contributed by atoms with Crippen molar-refractivity contribution in [2.75, 3.05) is 0 Å². The highest BCUT2D eigenvalue weighted by Gasteiger charge is 2.12. The lowest BCUT2D eigenvalue weighted by atomic mass is 10.1. The molecule has 0 bridgehead atoms. The van der Waals surface area contributed by atoms with Crippen molar-refractivity contribution < 1.29 is 4.42 Å². The molecule has 0 aliphatic rings. The third-order valence-corrected chi connectivity index (χ3v) is 2.67. The molecule has 0 aliphatic carbocycles. The number of hydrogen-bond donors (Lipinski definition) is 1. The van der Waals surface area contributed by atoms with Crippen molar-refractivity contribution in [3.8, 4) is 11.5 Å². The van der Waals surface area contributed by atoms with E-state index in [9.17, 15) is 0 Å². The Balaban J connectivity index is 2.31. The van der Waals surface area contributed by atoms with E-state index in [1.807, 2.05) is 13.0 Å². The van der Waals surface area contributed by atoms with E-state index in [2.05, 4.69) is 20.0 Å². The highest BCUT2D eigenvalue weighted by atomic mass is 16.3. The fourth-order valence-electron chi connectivity index (χ4n) is 1.80. The van der Waals surface area contributed by atoms with Crippen molar-refractivity contribution in [1.82, 2.24) is 15.2 Å². The molecule has 17 heavy (non-hydrogen) atoms. The first-order valence-electron chi connectivity index (χ1n) is 5.04. The maximum absolute atomic E-state index is 7.07. The van der Waals surface area contributed by atoms with Gasteiger partial charge < -0.3 is 4.42 Å². The topological polar surface area (TPSA) is 59.1 Å². The van der Waals surface area contributed by atoms with Gasteiger partial charge >= 0.3 is 0 Å². The summed E-state index contributed by atoms with van der Waals surface area (Å²) < 4.78 is 5.23. The third kappa shape index (κ3) is 1.39. The standard InChI is InChI=1S/C12H8N4O/c1-7-3-8-10(4-9(7)13-2)15-16-12(8)11-5-14-6-17-11/h3-6H,1H3,(H,15,16). The number of nitrogens with one attached hydrogen (secondary N) is 1. The molecule has 3 aromatic rings. The van der Waals surface area contributed by atoms with Crippen LogP contribution in [0.5, 0.6) is 0 Å². The van der Waals surface area contributed by atoms with Crippen LogP contribution in [0.15, 0.2) is 29.1 Å². The number of oxazole rings is 1. The molecule has 3 rings (SSSR count). The highest BCUT2D eigenvalue weighted by molar-refractivity contribution is 5.94. The molecule has 0 saturated carbocycles. The van der Waals surface area contributed by atoms with Crippen LogP contribution in [0.25, 0.3) is 27.2 Å². The zero-order valence-corrected chi connectivity index (χ0v) is 9.06. The second kappa shape index (κ2) is 3.46. The summed E-state index contributed by atoms with van der Waals surface area (Å²) in [5.41, 5.74) is 3.10. The number of aryl methyl sites for hydroxylation is 1. The van der Waals surface area contributed by atoms with Crippen LogP contribution >= 0.6 is 0 Å². The van der Waals surface area contributed by atoms with Crippen molar-refractivity contribution >= 4 is 16.6 Å². The van der Waals surface area contributed by atoms with Crippen molar-refractivity contribution in [3.63, 3.8) is 0 Å². The Morgan fingerprint density at radius 2 is 2.29 bits per heavy atom. The van der Waals surface area contributed by atoms with Gasteiger partial charge in [-0.1, -0.05) is 6.07 Å². The monoisotopic (exact) mass is 224 g/mol. The van der Waals surface area contributed by atoms with Gasteiger partial charge in [0.1, 0.15) is 5.69 Å². The first-order valence-corrected chi connectivity index (χ1v) is 5.04. The molecule has 0 aliphatic heterocycles. The van der Waals surface area contributed by atoms with Crippen LogP contribution < -0.4 is 0 Å². The number of H-pyrrole nitrogens is 1. The van der Waals surface area contributed by atoms with E-state index in [-0.39, 0.29) is 0 Å². The van der Waals surface area contributed by atoms with Crippen LogP contribution in [0.3, 0.4) is 0 Å². The maximum Gasteiger partial charge on any atom is 0.192 e. The number of benzene rings is 1. The molecule has 0 radical (unpaired) electrons.